The quantitative estimate of drug-likeness (QED) is 0.124. The van der Waals surface area contributed by atoms with Crippen LogP contribution in [0.25, 0.3) is 57.0 Å². The van der Waals surface area contributed by atoms with Gasteiger partial charge in [0, 0.05) is 22.5 Å². The fourth-order valence-corrected chi connectivity index (χ4v) is 5.62. The van der Waals surface area contributed by atoms with E-state index in [1.807, 2.05) is 48.5 Å². The number of hydrogen-bond acceptors (Lipinski definition) is 2. The molecule has 234 valence electrons. The Morgan fingerprint density at radius 1 is 0.479 bits per heavy atom. The van der Waals surface area contributed by atoms with Crippen molar-refractivity contribution in [1.29, 1.82) is 0 Å². The van der Waals surface area contributed by atoms with Gasteiger partial charge in [-0.3, -0.25) is 9.59 Å². The highest BCUT2D eigenvalue weighted by molar-refractivity contribution is 6.11. The van der Waals surface area contributed by atoms with Crippen molar-refractivity contribution in [3.05, 3.63) is 168 Å². The molecule has 0 aliphatic heterocycles. The number of fused-ring (bicyclic) bond motifs is 2. The molecule has 0 bridgehead atoms. The molecule has 0 heterocycles. The molecule has 0 atom stereocenters. The van der Waals surface area contributed by atoms with Crippen LogP contribution in [0.5, 0.6) is 0 Å². The monoisotopic (exact) mass is 624 g/mol. The third-order valence-corrected chi connectivity index (χ3v) is 8.20. The van der Waals surface area contributed by atoms with Crippen LogP contribution in [-0.4, -0.2) is 11.8 Å². The summed E-state index contributed by atoms with van der Waals surface area (Å²) in [5.74, 6) is -0.383. The predicted octanol–water partition coefficient (Wildman–Crippen LogP) is 11.0. The average Bonchev–Trinajstić information content (AvgIpc) is 3.10. The summed E-state index contributed by atoms with van der Waals surface area (Å²) in [6, 6.07) is 41.3. The van der Waals surface area contributed by atoms with Crippen molar-refractivity contribution >= 4 is 69.0 Å². The average molecular weight is 625 g/mol. The van der Waals surface area contributed by atoms with E-state index in [4.69, 9.17) is 0 Å². The fraction of sp³-hybridized carbons (Fsp3) is 0.0455. The van der Waals surface area contributed by atoms with E-state index >= 15 is 0 Å². The van der Waals surface area contributed by atoms with Gasteiger partial charge in [0.05, 0.1) is 0 Å². The molecule has 0 spiro atoms. The van der Waals surface area contributed by atoms with Crippen LogP contribution in [0.2, 0.25) is 0 Å². The maximum absolute atomic E-state index is 12.1. The third-order valence-electron chi connectivity index (χ3n) is 8.20. The summed E-state index contributed by atoms with van der Waals surface area (Å²) in [5.41, 5.74) is 8.92. The Balaban J connectivity index is 1.43. The first kappa shape index (κ1) is 31.7. The van der Waals surface area contributed by atoms with E-state index in [0.29, 0.717) is 11.1 Å². The summed E-state index contributed by atoms with van der Waals surface area (Å²) in [6.45, 7) is 10.8. The van der Waals surface area contributed by atoms with E-state index < -0.39 is 0 Å². The minimum atomic E-state index is -0.192. The van der Waals surface area contributed by atoms with Gasteiger partial charge in [-0.2, -0.15) is 0 Å². The second-order valence-electron chi connectivity index (χ2n) is 11.9. The molecule has 0 aliphatic carbocycles. The fourth-order valence-electron chi connectivity index (χ4n) is 5.62. The van der Waals surface area contributed by atoms with Gasteiger partial charge in [0.15, 0.2) is 0 Å². The summed E-state index contributed by atoms with van der Waals surface area (Å²) in [7, 11) is 0. The van der Waals surface area contributed by atoms with Gasteiger partial charge in [-0.05, 0) is 93.0 Å². The molecular weight excluding hydrogens is 588 g/mol. The highest BCUT2D eigenvalue weighted by atomic mass is 16.2. The molecule has 6 rings (SSSR count). The Hall–Kier alpha value is -6.26. The molecule has 4 heteroatoms. The molecule has 0 aromatic heterocycles. The summed E-state index contributed by atoms with van der Waals surface area (Å²) in [6.07, 6.45) is 8.53. The molecule has 0 aliphatic rings. The van der Waals surface area contributed by atoms with Crippen molar-refractivity contribution < 1.29 is 9.59 Å². The molecule has 0 radical (unpaired) electrons. The maximum atomic E-state index is 12.1. The lowest BCUT2D eigenvalue weighted by atomic mass is 9.86. The summed E-state index contributed by atoms with van der Waals surface area (Å²) in [4.78, 5) is 24.1. The smallest absolute Gasteiger partial charge is 0.250 e. The third kappa shape index (κ3) is 7.09. The number of rotatable bonds is 9. The van der Waals surface area contributed by atoms with Crippen LogP contribution in [0, 0.1) is 0 Å². The number of benzene rings is 6. The SMILES string of the molecule is C=C(C)C(=O)Nc1ccc(/C=C\c2ccc3ccccc3c2-c2c(/C=C\c3ccc(NC(=O)C(=C)C)cc3)ccc3ccccc23)cc1. The van der Waals surface area contributed by atoms with Crippen LogP contribution < -0.4 is 10.6 Å². The van der Waals surface area contributed by atoms with Crippen LogP contribution in [0.1, 0.15) is 36.1 Å². The first-order valence-electron chi connectivity index (χ1n) is 15.8. The minimum Gasteiger partial charge on any atom is -0.322 e. The minimum absolute atomic E-state index is 0.192. The molecule has 0 unspecified atom stereocenters. The zero-order valence-electron chi connectivity index (χ0n) is 27.1. The van der Waals surface area contributed by atoms with E-state index in [-0.39, 0.29) is 11.8 Å². The van der Waals surface area contributed by atoms with Gasteiger partial charge in [0.25, 0.3) is 11.8 Å². The molecular formula is C44H36N2O2. The van der Waals surface area contributed by atoms with E-state index in [1.165, 1.54) is 10.8 Å². The molecule has 6 aromatic carbocycles. The first-order valence-corrected chi connectivity index (χ1v) is 15.8. The van der Waals surface area contributed by atoms with E-state index in [2.05, 4.69) is 121 Å². The predicted molar refractivity (Wildman–Crippen MR) is 205 cm³/mol. The molecule has 0 saturated carbocycles. The van der Waals surface area contributed by atoms with E-state index in [9.17, 15) is 9.59 Å². The second-order valence-corrected chi connectivity index (χ2v) is 11.9. The van der Waals surface area contributed by atoms with Crippen molar-refractivity contribution in [3.63, 3.8) is 0 Å². The zero-order chi connectivity index (χ0) is 33.6. The highest BCUT2D eigenvalue weighted by Gasteiger charge is 2.15. The van der Waals surface area contributed by atoms with Crippen LogP contribution in [-0.2, 0) is 9.59 Å². The van der Waals surface area contributed by atoms with E-state index in [1.54, 1.807) is 13.8 Å². The zero-order valence-corrected chi connectivity index (χ0v) is 27.1. The Morgan fingerprint density at radius 2 is 0.854 bits per heavy atom. The van der Waals surface area contributed by atoms with Gasteiger partial charge in [-0.1, -0.05) is 135 Å². The van der Waals surface area contributed by atoms with Crippen LogP contribution in [0.3, 0.4) is 0 Å². The van der Waals surface area contributed by atoms with E-state index in [0.717, 1.165) is 55.5 Å². The Morgan fingerprint density at radius 3 is 1.23 bits per heavy atom. The van der Waals surface area contributed by atoms with Crippen LogP contribution in [0.15, 0.2) is 146 Å². The second kappa shape index (κ2) is 14.0. The van der Waals surface area contributed by atoms with Gasteiger partial charge in [0.1, 0.15) is 0 Å². The van der Waals surface area contributed by atoms with Crippen molar-refractivity contribution in [2.24, 2.45) is 0 Å². The van der Waals surface area contributed by atoms with Gasteiger partial charge in [-0.25, -0.2) is 0 Å². The normalized spacial score (nSPS) is 11.3. The molecule has 0 saturated heterocycles. The lowest BCUT2D eigenvalue weighted by molar-refractivity contribution is -0.113. The van der Waals surface area contributed by atoms with Crippen LogP contribution >= 0.6 is 0 Å². The summed E-state index contributed by atoms with van der Waals surface area (Å²) < 4.78 is 0. The number of amides is 2. The highest BCUT2D eigenvalue weighted by Crippen LogP contribution is 2.40. The Bertz CT molecular complexity index is 2090. The number of carbonyl (C=O) groups is 2. The van der Waals surface area contributed by atoms with Gasteiger partial charge < -0.3 is 10.6 Å². The largest absolute Gasteiger partial charge is 0.322 e. The number of hydrogen-bond donors (Lipinski definition) is 2. The Labute approximate surface area is 281 Å². The topological polar surface area (TPSA) is 58.2 Å². The van der Waals surface area contributed by atoms with Gasteiger partial charge >= 0.3 is 0 Å². The van der Waals surface area contributed by atoms with Crippen molar-refractivity contribution in [2.45, 2.75) is 13.8 Å². The van der Waals surface area contributed by atoms with Crippen LogP contribution in [0.4, 0.5) is 11.4 Å². The molecule has 48 heavy (non-hydrogen) atoms. The molecule has 0 fully saturated rings. The molecule has 4 nitrogen and oxygen atoms in total. The van der Waals surface area contributed by atoms with Crippen molar-refractivity contribution in [1.82, 2.24) is 0 Å². The van der Waals surface area contributed by atoms with Gasteiger partial charge in [0.2, 0.25) is 0 Å². The lowest BCUT2D eigenvalue weighted by Gasteiger charge is -2.17. The van der Waals surface area contributed by atoms with Crippen molar-refractivity contribution in [3.8, 4) is 11.1 Å². The van der Waals surface area contributed by atoms with Crippen molar-refractivity contribution in [2.75, 3.05) is 10.6 Å². The van der Waals surface area contributed by atoms with Gasteiger partial charge in [-0.15, -0.1) is 0 Å². The lowest BCUT2D eigenvalue weighted by Crippen LogP contribution is -2.11. The summed E-state index contributed by atoms with van der Waals surface area (Å²) >= 11 is 0. The summed E-state index contributed by atoms with van der Waals surface area (Å²) in [5, 5.41) is 10.4. The maximum Gasteiger partial charge on any atom is 0.250 e. The Kier molecular flexibility index (Phi) is 9.26. The standard InChI is InChI=1S/C44H36N2O2/c1-29(2)43(47)45-37-25-15-31(16-26-37)13-19-35-23-21-33-9-5-7-11-39(33)41(35)42-36(24-22-34-10-6-8-12-40(34)42)20-14-32-17-27-38(28-18-32)46-44(48)30(3)4/h5-28H,1,3H2,2,4H3,(H,45,47)(H,46,48)/b19-13-,20-14-. The molecule has 2 amide bonds. The number of nitrogens with one attached hydrogen (secondary N) is 2. The number of anilines is 2. The molecule has 2 N–H and O–H groups in total. The molecule has 6 aromatic rings. The first-order chi connectivity index (χ1) is 23.3. The number of carbonyl (C=O) groups excluding carboxylic acids is 2.